The molecule has 3 nitrogen and oxygen atoms in total. The van der Waals surface area contributed by atoms with E-state index in [1.807, 2.05) is 0 Å². The molecule has 1 rings (SSSR count). The van der Waals surface area contributed by atoms with Crippen molar-refractivity contribution >= 4 is 27.5 Å². The summed E-state index contributed by atoms with van der Waals surface area (Å²) in [5.74, 6) is 1.10. The van der Waals surface area contributed by atoms with Crippen LogP contribution in [0.2, 0.25) is 0 Å². The van der Waals surface area contributed by atoms with E-state index in [2.05, 4.69) is 20.9 Å². The quantitative estimate of drug-likeness (QED) is 0.748. The predicted molar refractivity (Wildman–Crippen MR) is 51.7 cm³/mol. The summed E-state index contributed by atoms with van der Waals surface area (Å²) in [5, 5.41) is 0. The third-order valence-corrected chi connectivity index (χ3v) is 2.23. The molecule has 0 aliphatic heterocycles. The molecule has 0 saturated carbocycles. The number of halogens is 2. The highest BCUT2D eigenvalue weighted by atomic mass is 79.9. The third-order valence-electron chi connectivity index (χ3n) is 1.51. The van der Waals surface area contributed by atoms with Gasteiger partial charge in [0, 0.05) is 18.6 Å². The number of hydrogen-bond acceptors (Lipinski definition) is 2. The topological polar surface area (TPSA) is 34.9 Å². The Balaban J connectivity index is 3.24. The summed E-state index contributed by atoms with van der Waals surface area (Å²) in [4.78, 5) is 15.4. The van der Waals surface area contributed by atoms with Crippen molar-refractivity contribution in [2.75, 3.05) is 5.88 Å². The van der Waals surface area contributed by atoms with Gasteiger partial charge in [-0.25, -0.2) is 4.98 Å². The molecule has 12 heavy (non-hydrogen) atoms. The molecule has 0 atom stereocenters. The first kappa shape index (κ1) is 9.74. The van der Waals surface area contributed by atoms with Gasteiger partial charge in [-0.2, -0.15) is 0 Å². The van der Waals surface area contributed by atoms with Crippen LogP contribution < -0.4 is 5.56 Å². The lowest BCUT2D eigenvalue weighted by atomic mass is 10.5. The fourth-order valence-corrected chi connectivity index (χ4v) is 1.38. The minimum Gasteiger partial charge on any atom is -0.295 e. The lowest BCUT2D eigenvalue weighted by Gasteiger charge is -2.05. The molecule has 1 aromatic heterocycles. The Bertz CT molecular complexity index is 337. The largest absolute Gasteiger partial charge is 0.295 e. The van der Waals surface area contributed by atoms with E-state index in [1.165, 1.54) is 10.8 Å². The second-order valence-electron chi connectivity index (χ2n) is 2.30. The molecular formula is C7H8BrClN2O. The van der Waals surface area contributed by atoms with Gasteiger partial charge in [0.1, 0.15) is 10.3 Å². The number of nitrogens with zero attached hydrogens (tertiary/aromatic N) is 2. The number of aromatic nitrogens is 2. The first-order valence-corrected chi connectivity index (χ1v) is 4.77. The minimum atomic E-state index is -0.0804. The van der Waals surface area contributed by atoms with Crippen molar-refractivity contribution in [2.45, 2.75) is 13.5 Å². The second-order valence-corrected chi connectivity index (χ2v) is 3.53. The molecule has 0 bridgehead atoms. The average molecular weight is 252 g/mol. The van der Waals surface area contributed by atoms with Crippen LogP contribution in [0, 0.1) is 6.92 Å². The van der Waals surface area contributed by atoms with E-state index < -0.39 is 0 Å². The maximum Gasteiger partial charge on any atom is 0.267 e. The van der Waals surface area contributed by atoms with E-state index in [-0.39, 0.29) is 5.56 Å². The van der Waals surface area contributed by atoms with Gasteiger partial charge in [-0.1, -0.05) is 0 Å². The Kier molecular flexibility index (Phi) is 3.29. The van der Waals surface area contributed by atoms with Crippen LogP contribution in [0.4, 0.5) is 0 Å². The van der Waals surface area contributed by atoms with Crippen LogP contribution in [0.25, 0.3) is 0 Å². The molecule has 0 aliphatic rings. The van der Waals surface area contributed by atoms with E-state index in [9.17, 15) is 4.79 Å². The van der Waals surface area contributed by atoms with Gasteiger partial charge < -0.3 is 0 Å². The third kappa shape index (κ3) is 1.87. The molecule has 0 spiro atoms. The van der Waals surface area contributed by atoms with Crippen LogP contribution in [-0.4, -0.2) is 15.4 Å². The van der Waals surface area contributed by atoms with Gasteiger partial charge in [-0.05, 0) is 22.9 Å². The van der Waals surface area contributed by atoms with Gasteiger partial charge in [-0.3, -0.25) is 9.36 Å². The molecule has 0 unspecified atom stereocenters. The standard InChI is InChI=1S/C7H8BrClN2O/c1-5-10-4-6(8)7(12)11(5)3-2-9/h4H,2-3H2,1H3. The van der Waals surface area contributed by atoms with Crippen molar-refractivity contribution in [3.05, 3.63) is 26.8 Å². The molecule has 1 aromatic rings. The summed E-state index contributed by atoms with van der Waals surface area (Å²) in [6.45, 7) is 2.28. The number of rotatable bonds is 2. The Labute approximate surface area is 83.5 Å². The smallest absolute Gasteiger partial charge is 0.267 e. The van der Waals surface area contributed by atoms with Crippen molar-refractivity contribution in [3.8, 4) is 0 Å². The first-order chi connectivity index (χ1) is 5.66. The molecule has 0 N–H and O–H groups in total. The van der Waals surface area contributed by atoms with E-state index in [0.29, 0.717) is 22.7 Å². The van der Waals surface area contributed by atoms with Gasteiger partial charge in [0.25, 0.3) is 5.56 Å². The predicted octanol–water partition coefficient (Wildman–Crippen LogP) is 1.55. The maximum atomic E-state index is 11.4. The molecule has 0 saturated heterocycles. The molecule has 0 amide bonds. The van der Waals surface area contributed by atoms with Crippen LogP contribution in [0.1, 0.15) is 5.82 Å². The van der Waals surface area contributed by atoms with Gasteiger partial charge in [0.2, 0.25) is 0 Å². The van der Waals surface area contributed by atoms with E-state index in [0.717, 1.165) is 0 Å². The van der Waals surface area contributed by atoms with Crippen molar-refractivity contribution < 1.29 is 0 Å². The SMILES string of the molecule is Cc1ncc(Br)c(=O)n1CCCl. The van der Waals surface area contributed by atoms with Gasteiger partial charge >= 0.3 is 0 Å². The van der Waals surface area contributed by atoms with Crippen LogP contribution in [-0.2, 0) is 6.54 Å². The zero-order valence-electron chi connectivity index (χ0n) is 6.55. The van der Waals surface area contributed by atoms with Crippen molar-refractivity contribution in [1.29, 1.82) is 0 Å². The molecule has 66 valence electrons. The van der Waals surface area contributed by atoms with Crippen molar-refractivity contribution in [3.63, 3.8) is 0 Å². The Morgan fingerprint density at radius 3 is 3.00 bits per heavy atom. The molecule has 0 radical (unpaired) electrons. The molecule has 0 fully saturated rings. The zero-order valence-corrected chi connectivity index (χ0v) is 8.89. The summed E-state index contributed by atoms with van der Waals surface area (Å²) in [6, 6.07) is 0. The number of hydrogen-bond donors (Lipinski definition) is 0. The molecule has 5 heteroatoms. The van der Waals surface area contributed by atoms with E-state index in [1.54, 1.807) is 6.92 Å². The lowest BCUT2D eigenvalue weighted by molar-refractivity contribution is 0.674. The van der Waals surface area contributed by atoms with Crippen molar-refractivity contribution in [1.82, 2.24) is 9.55 Å². The summed E-state index contributed by atoms with van der Waals surface area (Å²) in [5.41, 5.74) is -0.0804. The first-order valence-electron chi connectivity index (χ1n) is 3.44. The fourth-order valence-electron chi connectivity index (χ4n) is 0.899. The van der Waals surface area contributed by atoms with E-state index >= 15 is 0 Å². The molecule has 0 aliphatic carbocycles. The van der Waals surface area contributed by atoms with E-state index in [4.69, 9.17) is 11.6 Å². The number of aryl methyl sites for hydroxylation is 1. The Hall–Kier alpha value is -0.350. The summed E-state index contributed by atoms with van der Waals surface area (Å²) < 4.78 is 2.01. The Morgan fingerprint density at radius 1 is 1.75 bits per heavy atom. The monoisotopic (exact) mass is 250 g/mol. The highest BCUT2D eigenvalue weighted by molar-refractivity contribution is 9.10. The van der Waals surface area contributed by atoms with Crippen LogP contribution in [0.5, 0.6) is 0 Å². The average Bonchev–Trinajstić information content (AvgIpc) is 2.06. The van der Waals surface area contributed by atoms with Crippen molar-refractivity contribution in [2.24, 2.45) is 0 Å². The fraction of sp³-hybridized carbons (Fsp3) is 0.429. The second kappa shape index (κ2) is 4.05. The van der Waals surface area contributed by atoms with Gasteiger partial charge in [-0.15, -0.1) is 11.6 Å². The minimum absolute atomic E-state index is 0.0804. The summed E-state index contributed by atoms with van der Waals surface area (Å²) in [6.07, 6.45) is 1.50. The summed E-state index contributed by atoms with van der Waals surface area (Å²) >= 11 is 8.64. The highest BCUT2D eigenvalue weighted by Gasteiger charge is 2.03. The lowest BCUT2D eigenvalue weighted by Crippen LogP contribution is -2.24. The Morgan fingerprint density at radius 2 is 2.42 bits per heavy atom. The van der Waals surface area contributed by atoms with Crippen LogP contribution >= 0.6 is 27.5 Å². The maximum absolute atomic E-state index is 11.4. The normalized spacial score (nSPS) is 10.2. The highest BCUT2D eigenvalue weighted by Crippen LogP contribution is 2.01. The van der Waals surface area contributed by atoms with Crippen LogP contribution in [0.15, 0.2) is 15.5 Å². The summed E-state index contributed by atoms with van der Waals surface area (Å²) in [7, 11) is 0. The molecular weight excluding hydrogens is 243 g/mol. The van der Waals surface area contributed by atoms with Gasteiger partial charge in [0.05, 0.1) is 0 Å². The van der Waals surface area contributed by atoms with Crippen LogP contribution in [0.3, 0.4) is 0 Å². The molecule has 1 heterocycles. The number of alkyl halides is 1. The van der Waals surface area contributed by atoms with Gasteiger partial charge in [0.15, 0.2) is 0 Å². The zero-order chi connectivity index (χ0) is 9.14. The molecule has 0 aromatic carbocycles.